The zero-order valence-electron chi connectivity index (χ0n) is 10.7. The van der Waals surface area contributed by atoms with Crippen molar-refractivity contribution in [2.24, 2.45) is 10.9 Å². The van der Waals surface area contributed by atoms with Gasteiger partial charge in [0.15, 0.2) is 5.84 Å². The van der Waals surface area contributed by atoms with Gasteiger partial charge in [0.05, 0.1) is 22.9 Å². The molecule has 7 heteroatoms. The van der Waals surface area contributed by atoms with Gasteiger partial charge in [0.1, 0.15) is 5.69 Å². The summed E-state index contributed by atoms with van der Waals surface area (Å²) in [6.45, 7) is 2.61. The standard InChI is InChI=1S/C12H15N5OS/c1-8-15-9(7-19-8)6-17(2)10-4-3-5-14-11(10)12(13)16-18/h3-5,7,18H,6H2,1-2H3,(H2,13,16). The maximum absolute atomic E-state index is 8.78. The van der Waals surface area contributed by atoms with Gasteiger partial charge in [0.25, 0.3) is 0 Å². The average molecular weight is 277 g/mol. The number of aryl methyl sites for hydroxylation is 1. The largest absolute Gasteiger partial charge is 0.409 e. The number of nitrogens with two attached hydrogens (primary N) is 1. The number of nitrogens with zero attached hydrogens (tertiary/aromatic N) is 4. The highest BCUT2D eigenvalue weighted by Crippen LogP contribution is 2.19. The zero-order valence-corrected chi connectivity index (χ0v) is 11.6. The first-order valence-corrected chi connectivity index (χ1v) is 6.55. The van der Waals surface area contributed by atoms with Crippen molar-refractivity contribution in [2.45, 2.75) is 13.5 Å². The molecule has 0 saturated heterocycles. The number of rotatable bonds is 4. The van der Waals surface area contributed by atoms with Gasteiger partial charge in [-0.2, -0.15) is 0 Å². The molecule has 0 saturated carbocycles. The Morgan fingerprint density at radius 1 is 1.58 bits per heavy atom. The van der Waals surface area contributed by atoms with Gasteiger partial charge >= 0.3 is 0 Å². The fourth-order valence-electron chi connectivity index (χ4n) is 1.76. The van der Waals surface area contributed by atoms with Crippen molar-refractivity contribution in [2.75, 3.05) is 11.9 Å². The first kappa shape index (κ1) is 13.3. The fraction of sp³-hybridized carbons (Fsp3) is 0.250. The molecule has 0 fully saturated rings. The lowest BCUT2D eigenvalue weighted by Gasteiger charge is -2.20. The molecule has 100 valence electrons. The van der Waals surface area contributed by atoms with E-state index in [2.05, 4.69) is 15.1 Å². The molecule has 0 aromatic carbocycles. The van der Waals surface area contributed by atoms with Gasteiger partial charge < -0.3 is 15.8 Å². The molecule has 0 bridgehead atoms. The Morgan fingerprint density at radius 2 is 2.37 bits per heavy atom. The van der Waals surface area contributed by atoms with Crippen LogP contribution in [0.3, 0.4) is 0 Å². The summed E-state index contributed by atoms with van der Waals surface area (Å²) in [5, 5.41) is 14.8. The molecule has 6 nitrogen and oxygen atoms in total. The van der Waals surface area contributed by atoms with Crippen LogP contribution in [0.4, 0.5) is 5.69 Å². The van der Waals surface area contributed by atoms with E-state index in [9.17, 15) is 0 Å². The molecule has 19 heavy (non-hydrogen) atoms. The first-order valence-electron chi connectivity index (χ1n) is 5.67. The second-order valence-electron chi connectivity index (χ2n) is 4.07. The molecule has 0 aliphatic rings. The van der Waals surface area contributed by atoms with Gasteiger partial charge in [-0.05, 0) is 19.1 Å². The van der Waals surface area contributed by atoms with Crippen molar-refractivity contribution in [3.8, 4) is 0 Å². The summed E-state index contributed by atoms with van der Waals surface area (Å²) < 4.78 is 0. The second kappa shape index (κ2) is 5.66. The third-order valence-electron chi connectivity index (χ3n) is 2.61. The third kappa shape index (κ3) is 3.00. The van der Waals surface area contributed by atoms with E-state index in [-0.39, 0.29) is 5.84 Å². The molecule has 0 radical (unpaired) electrons. The van der Waals surface area contributed by atoms with Gasteiger partial charge in [-0.25, -0.2) is 4.98 Å². The number of oxime groups is 1. The first-order chi connectivity index (χ1) is 9.11. The van der Waals surface area contributed by atoms with Crippen LogP contribution in [0.5, 0.6) is 0 Å². The predicted molar refractivity (Wildman–Crippen MR) is 75.7 cm³/mol. The molecule has 0 amide bonds. The summed E-state index contributed by atoms with van der Waals surface area (Å²) in [5.74, 6) is -0.00286. The lowest BCUT2D eigenvalue weighted by atomic mass is 10.2. The molecule has 0 aliphatic carbocycles. The number of thiazole rings is 1. The quantitative estimate of drug-likeness (QED) is 0.383. The molecule has 0 aliphatic heterocycles. The van der Waals surface area contributed by atoms with E-state index in [4.69, 9.17) is 10.9 Å². The molecule has 2 heterocycles. The van der Waals surface area contributed by atoms with Crippen molar-refractivity contribution in [1.29, 1.82) is 0 Å². The molecule has 0 spiro atoms. The van der Waals surface area contributed by atoms with Crippen LogP contribution in [-0.4, -0.2) is 28.1 Å². The molecule has 3 N–H and O–H groups in total. The fourth-order valence-corrected chi connectivity index (χ4v) is 2.36. The van der Waals surface area contributed by atoms with Gasteiger partial charge in [0.2, 0.25) is 0 Å². The highest BCUT2D eigenvalue weighted by molar-refractivity contribution is 7.09. The maximum atomic E-state index is 8.78. The normalized spacial score (nSPS) is 11.6. The monoisotopic (exact) mass is 277 g/mol. The van der Waals surface area contributed by atoms with Gasteiger partial charge in [-0.1, -0.05) is 5.16 Å². The van der Waals surface area contributed by atoms with Crippen molar-refractivity contribution in [3.05, 3.63) is 40.1 Å². The highest BCUT2D eigenvalue weighted by Gasteiger charge is 2.13. The molecular weight excluding hydrogens is 262 g/mol. The van der Waals surface area contributed by atoms with Crippen LogP contribution < -0.4 is 10.6 Å². The Bertz CT molecular complexity index is 595. The summed E-state index contributed by atoms with van der Waals surface area (Å²) in [5.41, 5.74) is 7.87. The van der Waals surface area contributed by atoms with Crippen LogP contribution in [0.25, 0.3) is 0 Å². The van der Waals surface area contributed by atoms with Crippen LogP contribution in [0, 0.1) is 6.92 Å². The summed E-state index contributed by atoms with van der Waals surface area (Å²) in [7, 11) is 1.92. The summed E-state index contributed by atoms with van der Waals surface area (Å²) >= 11 is 1.61. The Kier molecular flexibility index (Phi) is 3.96. The second-order valence-corrected chi connectivity index (χ2v) is 5.13. The van der Waals surface area contributed by atoms with Crippen LogP contribution in [0.15, 0.2) is 28.9 Å². The Labute approximate surface area is 115 Å². The minimum absolute atomic E-state index is 0.00286. The number of amidine groups is 1. The number of pyridine rings is 1. The molecular formula is C12H15N5OS. The molecule has 0 unspecified atom stereocenters. The van der Waals surface area contributed by atoms with Gasteiger partial charge in [0, 0.05) is 18.6 Å². The number of hydrogen-bond donors (Lipinski definition) is 2. The predicted octanol–water partition coefficient (Wildman–Crippen LogP) is 1.58. The van der Waals surface area contributed by atoms with Crippen LogP contribution in [0.2, 0.25) is 0 Å². The molecule has 0 atom stereocenters. The number of aromatic nitrogens is 2. The van der Waals surface area contributed by atoms with Gasteiger partial charge in [-0.15, -0.1) is 11.3 Å². The summed E-state index contributed by atoms with van der Waals surface area (Å²) in [6, 6.07) is 3.69. The zero-order chi connectivity index (χ0) is 13.8. The van der Waals surface area contributed by atoms with E-state index in [0.29, 0.717) is 12.2 Å². The summed E-state index contributed by atoms with van der Waals surface area (Å²) in [4.78, 5) is 10.5. The minimum Gasteiger partial charge on any atom is -0.409 e. The van der Waals surface area contributed by atoms with E-state index < -0.39 is 0 Å². The van der Waals surface area contributed by atoms with Crippen molar-refractivity contribution < 1.29 is 5.21 Å². The van der Waals surface area contributed by atoms with E-state index >= 15 is 0 Å². The summed E-state index contributed by atoms with van der Waals surface area (Å²) in [6.07, 6.45) is 1.61. The molecule has 2 rings (SSSR count). The SMILES string of the molecule is Cc1nc(CN(C)c2cccnc2/C(N)=N/O)cs1. The molecule has 2 aromatic rings. The Hall–Kier alpha value is -2.15. The van der Waals surface area contributed by atoms with Gasteiger partial charge in [-0.3, -0.25) is 4.98 Å². The maximum Gasteiger partial charge on any atom is 0.190 e. The number of anilines is 1. The van der Waals surface area contributed by atoms with Crippen LogP contribution in [-0.2, 0) is 6.54 Å². The smallest absolute Gasteiger partial charge is 0.190 e. The van der Waals surface area contributed by atoms with E-state index in [0.717, 1.165) is 16.4 Å². The van der Waals surface area contributed by atoms with Crippen molar-refractivity contribution in [1.82, 2.24) is 9.97 Å². The van der Waals surface area contributed by atoms with E-state index in [1.165, 1.54) is 0 Å². The van der Waals surface area contributed by atoms with E-state index in [1.807, 2.05) is 36.4 Å². The minimum atomic E-state index is -0.00286. The Balaban J connectivity index is 2.26. The van der Waals surface area contributed by atoms with Crippen LogP contribution >= 0.6 is 11.3 Å². The topological polar surface area (TPSA) is 87.6 Å². The lowest BCUT2D eigenvalue weighted by Crippen LogP contribution is -2.23. The lowest BCUT2D eigenvalue weighted by molar-refractivity contribution is 0.318. The number of hydrogen-bond acceptors (Lipinski definition) is 6. The highest BCUT2D eigenvalue weighted by atomic mass is 32.1. The third-order valence-corrected chi connectivity index (χ3v) is 3.44. The molecule has 2 aromatic heterocycles. The van der Waals surface area contributed by atoms with Crippen molar-refractivity contribution >= 4 is 22.9 Å². The van der Waals surface area contributed by atoms with Crippen LogP contribution in [0.1, 0.15) is 16.4 Å². The van der Waals surface area contributed by atoms with Crippen molar-refractivity contribution in [3.63, 3.8) is 0 Å². The Morgan fingerprint density at radius 3 is 3.00 bits per heavy atom. The van der Waals surface area contributed by atoms with E-state index in [1.54, 1.807) is 17.5 Å². The average Bonchev–Trinajstić information content (AvgIpc) is 2.83.